The van der Waals surface area contributed by atoms with E-state index in [4.69, 9.17) is 18.9 Å². The second-order valence-corrected chi connectivity index (χ2v) is 30.8. The summed E-state index contributed by atoms with van der Waals surface area (Å²) in [5.74, 6) is 1.00. The summed E-state index contributed by atoms with van der Waals surface area (Å²) in [4.78, 5) is 49.6. The van der Waals surface area contributed by atoms with E-state index >= 15 is 4.79 Å². The van der Waals surface area contributed by atoms with Crippen LogP contribution in [0, 0.1) is 65.1 Å². The highest BCUT2D eigenvalue weighted by Crippen LogP contribution is 2.74. The topological polar surface area (TPSA) is 261 Å². The molecule has 10 N–H and O–H groups in total. The lowest BCUT2D eigenvalue weighted by atomic mass is 9.41. The van der Waals surface area contributed by atoms with Crippen LogP contribution in [0.25, 0.3) is 38.3 Å². The Labute approximate surface area is 532 Å². The number of H-pyrrole nitrogens is 1. The first kappa shape index (κ1) is 57.0. The van der Waals surface area contributed by atoms with E-state index in [0.717, 1.165) is 110 Å². The summed E-state index contributed by atoms with van der Waals surface area (Å²) in [6, 6.07) is 13.6. The number of hydrogen-bond donors (Lipinski definition) is 10. The second-order valence-electron chi connectivity index (χ2n) is 30.8. The lowest BCUT2D eigenvalue weighted by Gasteiger charge is -2.69. The number of phenolic OH excluding ortho intramolecular Hbond substituents is 2. The summed E-state index contributed by atoms with van der Waals surface area (Å²) in [7, 11) is 0. The van der Waals surface area contributed by atoms with E-state index in [2.05, 4.69) is 63.7 Å². The van der Waals surface area contributed by atoms with Gasteiger partial charge >= 0.3 is 0 Å². The molecule has 480 valence electrons. The molecule has 3 saturated heterocycles. The van der Waals surface area contributed by atoms with Gasteiger partial charge in [0.25, 0.3) is 0 Å². The third kappa shape index (κ3) is 7.06. The van der Waals surface area contributed by atoms with Crippen LogP contribution < -0.4 is 20.8 Å². The van der Waals surface area contributed by atoms with Crippen molar-refractivity contribution in [2.75, 3.05) is 13.2 Å². The maximum atomic E-state index is 15.9. The van der Waals surface area contributed by atoms with Crippen LogP contribution in [0.4, 0.5) is 0 Å². The maximum absolute atomic E-state index is 15.9. The van der Waals surface area contributed by atoms with Crippen LogP contribution in [-0.2, 0) is 33.8 Å². The van der Waals surface area contributed by atoms with E-state index < -0.39 is 77.0 Å². The SMILES string of the molecule is CCc1c2cc3[nH]c2cn1-c1c2c(cc4c(=O)cc(C)oc14)CC1OOC4(C(O)(Cc5ccc(O)c6ccc(O)cc56)C(O)C(O)C(O)CO)C=CC5=C(CC4)C4C6C(=CC(C57NC5CCC8CCC7CC85)C14O2)CCC1C2(C=CC3CC2)CCCC12C(=O)NCC62. The summed E-state index contributed by atoms with van der Waals surface area (Å²) >= 11 is 0. The van der Waals surface area contributed by atoms with Gasteiger partial charge in [-0.1, -0.05) is 54.9 Å². The van der Waals surface area contributed by atoms with Crippen LogP contribution in [0.2, 0.25) is 0 Å². The number of ether oxygens (including phenoxy) is 1. The smallest absolute Gasteiger partial charge is 0.226 e. The Morgan fingerprint density at radius 3 is 2.61 bits per heavy atom. The van der Waals surface area contributed by atoms with Gasteiger partial charge in [-0.05, 0) is 197 Å². The monoisotopic (exact) mass is 1250 g/mol. The van der Waals surface area contributed by atoms with E-state index in [-0.39, 0.29) is 83.1 Å². The molecular weight excluding hydrogens is 1160 g/mol. The normalized spacial score (nSPS) is 38.9. The summed E-state index contributed by atoms with van der Waals surface area (Å²) in [6.45, 7) is 3.53. The molecule has 8 aliphatic carbocycles. The molecule has 22 rings (SSSR count). The van der Waals surface area contributed by atoms with Gasteiger partial charge in [0, 0.05) is 83.2 Å². The second kappa shape index (κ2) is 19.3. The van der Waals surface area contributed by atoms with E-state index in [1.165, 1.54) is 29.8 Å². The highest BCUT2D eigenvalue weighted by atomic mass is 17.2. The largest absolute Gasteiger partial charge is 0.508 e. The fourth-order valence-electron chi connectivity index (χ4n) is 23.6. The number of carbonyl (C=O) groups excluding carboxylic acids is 1. The molecule has 0 radical (unpaired) electrons. The fourth-order valence-corrected chi connectivity index (χ4v) is 23.6. The van der Waals surface area contributed by atoms with Crippen molar-refractivity contribution in [3.8, 4) is 22.9 Å². The Kier molecular flexibility index (Phi) is 12.0. The molecule has 3 aromatic heterocycles. The number of aromatic amines is 1. The third-order valence-electron chi connectivity index (χ3n) is 27.4. The summed E-state index contributed by atoms with van der Waals surface area (Å²) in [5.41, 5.74) is 0.764. The van der Waals surface area contributed by atoms with Gasteiger partial charge in [0.1, 0.15) is 53.0 Å². The van der Waals surface area contributed by atoms with Crippen molar-refractivity contribution in [3.63, 3.8) is 0 Å². The molecule has 11 heterocycles. The van der Waals surface area contributed by atoms with Crippen molar-refractivity contribution in [1.29, 1.82) is 0 Å². The minimum absolute atomic E-state index is 0.0224. The molecule has 17 bridgehead atoms. The number of fused-ring (bicyclic) bond motifs is 8. The quantitative estimate of drug-likeness (QED) is 0.0504. The number of piperidine rings is 1. The van der Waals surface area contributed by atoms with Crippen molar-refractivity contribution in [3.05, 3.63) is 140 Å². The molecule has 20 unspecified atom stereocenters. The van der Waals surface area contributed by atoms with Gasteiger partial charge in [0.15, 0.2) is 28.0 Å². The average molecular weight is 1250 g/mol. The predicted molar refractivity (Wildman–Crippen MR) is 341 cm³/mol. The number of rotatable bonds is 8. The highest BCUT2D eigenvalue weighted by molar-refractivity contribution is 5.94. The molecule has 4 saturated carbocycles. The van der Waals surface area contributed by atoms with Crippen molar-refractivity contribution in [2.45, 2.75) is 182 Å². The van der Waals surface area contributed by atoms with E-state index in [1.54, 1.807) is 12.1 Å². The minimum Gasteiger partial charge on any atom is -0.508 e. The molecule has 92 heavy (non-hydrogen) atoms. The van der Waals surface area contributed by atoms with Crippen LogP contribution in [0.3, 0.4) is 0 Å². The Balaban J connectivity index is 0.927. The molecule has 20 atom stereocenters. The zero-order valence-corrected chi connectivity index (χ0v) is 52.1. The third-order valence-corrected chi connectivity index (χ3v) is 27.4. The number of aliphatic hydroxyl groups is 5. The minimum atomic E-state index is -2.63. The van der Waals surface area contributed by atoms with Crippen molar-refractivity contribution >= 4 is 38.6 Å². The van der Waals surface area contributed by atoms with Gasteiger partial charge in [-0.2, -0.15) is 0 Å². The number of aliphatic hydroxyl groups excluding tert-OH is 4. The number of hydrogen-bond acceptors (Lipinski definition) is 14. The van der Waals surface area contributed by atoms with Gasteiger partial charge in [0.05, 0.1) is 28.5 Å². The van der Waals surface area contributed by atoms with Crippen molar-refractivity contribution in [1.82, 2.24) is 20.2 Å². The van der Waals surface area contributed by atoms with Crippen LogP contribution in [0.15, 0.2) is 111 Å². The number of nitrogens with zero attached hydrogens (tertiary/aromatic N) is 1. The van der Waals surface area contributed by atoms with Crippen LogP contribution in [0.1, 0.15) is 131 Å². The van der Waals surface area contributed by atoms with Gasteiger partial charge in [-0.25, -0.2) is 9.78 Å². The van der Waals surface area contributed by atoms with E-state index in [1.807, 2.05) is 19.1 Å². The van der Waals surface area contributed by atoms with Crippen LogP contribution in [-0.4, -0.2) is 117 Å². The van der Waals surface area contributed by atoms with E-state index in [9.17, 15) is 40.5 Å². The molecule has 3 aromatic carbocycles. The van der Waals surface area contributed by atoms with Gasteiger partial charge in [-0.3, -0.25) is 9.59 Å². The number of aromatic hydroxyl groups is 2. The highest BCUT2D eigenvalue weighted by Gasteiger charge is 2.78. The predicted octanol–water partition coefficient (Wildman–Crippen LogP) is 9.04. The number of carbonyl (C=O) groups is 1. The maximum Gasteiger partial charge on any atom is 0.226 e. The Morgan fingerprint density at radius 1 is 0.902 bits per heavy atom. The number of aromatic nitrogens is 2. The molecule has 7 fully saturated rings. The number of amides is 1. The first-order chi connectivity index (χ1) is 44.5. The first-order valence-corrected chi connectivity index (χ1v) is 34.5. The Hall–Kier alpha value is -6.54. The van der Waals surface area contributed by atoms with Crippen molar-refractivity contribution < 1.29 is 59.5 Å². The fraction of sp³-hybridized carbons (Fsp3) is 0.547. The number of benzene rings is 3. The molecule has 8 aliphatic heterocycles. The number of phenols is 2. The van der Waals surface area contributed by atoms with Gasteiger partial charge < -0.3 is 65.1 Å². The van der Waals surface area contributed by atoms with E-state index in [0.29, 0.717) is 74.9 Å². The number of nitrogens with one attached hydrogen (secondary N) is 3. The van der Waals surface area contributed by atoms with Gasteiger partial charge in [-0.15, -0.1) is 0 Å². The molecule has 17 nitrogen and oxygen atoms in total. The Morgan fingerprint density at radius 2 is 1.77 bits per heavy atom. The van der Waals surface area contributed by atoms with Crippen molar-refractivity contribution in [2.24, 2.45) is 58.2 Å². The standard InChI is InChI=1S/C75H82N4O13/c1-3-55-48-31-53-38-15-21-70(22-16-38)19-4-20-72-51(33-76-69(72)87)62-39(8-14-59(70)72)27-60-74(42-9-5-37-6-12-52(78-74)47(37)29-42)50-18-24-71(73(88,68(86)65(85)58(84)35-80)32-40-7-13-56(82)44-11-10-43(81)30-46(40)44)23-17-45(50)63(62)75(60)61(91-92-71)28-41-26-49-57(83)25-36(2)89-67(49)64(66(41)90-75)79(55)34-54(48)77-53/h7,10-11,13,15,18,21,24-27,30-31,34,37-38,42,47,51-52,58-63,65,68,77-78,80-82,84-86,88H,3-6,8-9,12,14,16-17,19-20,22-23,28-29,32-33,35H2,1-2H3,(H,76,87). The molecule has 1 amide bonds. The lowest BCUT2D eigenvalue weighted by molar-refractivity contribution is -0.430. The zero-order valence-electron chi connectivity index (χ0n) is 52.1. The molecule has 16 aliphatic rings. The molecule has 4 spiro atoms. The summed E-state index contributed by atoms with van der Waals surface area (Å²) < 4.78 is 17.9. The Bertz CT molecular complexity index is 4400. The molecular formula is C75H82N4O13. The number of allylic oxidation sites excluding steroid dienone is 3. The zero-order chi connectivity index (χ0) is 62.5. The number of aryl methyl sites for hydroxylation is 2. The van der Waals surface area contributed by atoms with Crippen LogP contribution >= 0.6 is 0 Å². The summed E-state index contributed by atoms with van der Waals surface area (Å²) in [5, 5.41) is 94.6. The average Bonchev–Trinajstić information content (AvgIpc) is 0.968. The molecule has 6 aromatic rings. The van der Waals surface area contributed by atoms with Crippen LogP contribution in [0.5, 0.6) is 17.2 Å². The molecule has 17 heteroatoms. The first-order valence-electron chi connectivity index (χ1n) is 34.5. The van der Waals surface area contributed by atoms with Gasteiger partial charge in [0.2, 0.25) is 5.91 Å². The lowest BCUT2D eigenvalue weighted by Crippen LogP contribution is -2.79. The summed E-state index contributed by atoms with van der Waals surface area (Å²) in [6.07, 6.45) is 18.5.